The number of carbonyl (C=O) groups excluding carboxylic acids is 1. The minimum Gasteiger partial charge on any atom is -0.399 e. The molecule has 98 valence electrons. The second-order valence-electron chi connectivity index (χ2n) is 4.36. The third kappa shape index (κ3) is 2.37. The van der Waals surface area contributed by atoms with Crippen LogP contribution in [-0.2, 0) is 4.74 Å². The van der Waals surface area contributed by atoms with Gasteiger partial charge < -0.3 is 21.1 Å². The Morgan fingerprint density at radius 2 is 2.28 bits per heavy atom. The van der Waals surface area contributed by atoms with Crippen molar-refractivity contribution in [1.29, 1.82) is 0 Å². The normalized spacial score (nSPS) is 19.2. The zero-order valence-electron chi connectivity index (χ0n) is 10.1. The summed E-state index contributed by atoms with van der Waals surface area (Å²) in [7, 11) is 1.67. The van der Waals surface area contributed by atoms with Gasteiger partial charge in [0.25, 0.3) is 5.91 Å². The highest BCUT2D eigenvalue weighted by atomic mass is 35.5. The number of methoxy groups -OCH3 is 1. The molecule has 1 heterocycles. The zero-order chi connectivity index (χ0) is 13.3. The Kier molecular flexibility index (Phi) is 3.63. The summed E-state index contributed by atoms with van der Waals surface area (Å²) in [6.45, 7) is 1.48. The van der Waals surface area contributed by atoms with E-state index in [0.717, 1.165) is 13.0 Å². The third-order valence-electron chi connectivity index (χ3n) is 3.15. The van der Waals surface area contributed by atoms with E-state index in [0.29, 0.717) is 28.5 Å². The van der Waals surface area contributed by atoms with Crippen molar-refractivity contribution in [2.75, 3.05) is 30.8 Å². The Balaban J connectivity index is 2.40. The van der Waals surface area contributed by atoms with Crippen LogP contribution in [0.1, 0.15) is 16.8 Å². The Labute approximate surface area is 111 Å². The van der Waals surface area contributed by atoms with Crippen LogP contribution in [0.5, 0.6) is 0 Å². The highest BCUT2D eigenvalue weighted by Gasteiger charge is 2.27. The SMILES string of the molecule is COC1CCN(c2c(Cl)cc(N)cc2C(N)=O)C1. The van der Waals surface area contributed by atoms with Gasteiger partial charge in [0.15, 0.2) is 0 Å². The number of nitrogen functional groups attached to an aromatic ring is 1. The highest BCUT2D eigenvalue weighted by Crippen LogP contribution is 2.34. The van der Waals surface area contributed by atoms with E-state index >= 15 is 0 Å². The second-order valence-corrected chi connectivity index (χ2v) is 4.76. The van der Waals surface area contributed by atoms with E-state index < -0.39 is 5.91 Å². The summed E-state index contributed by atoms with van der Waals surface area (Å²) in [6, 6.07) is 3.19. The molecular weight excluding hydrogens is 254 g/mol. The maximum absolute atomic E-state index is 11.5. The monoisotopic (exact) mass is 269 g/mol. The van der Waals surface area contributed by atoms with Crippen molar-refractivity contribution in [1.82, 2.24) is 0 Å². The molecule has 1 fully saturated rings. The van der Waals surface area contributed by atoms with Crippen LogP contribution in [0.25, 0.3) is 0 Å². The van der Waals surface area contributed by atoms with Crippen LogP contribution in [0.2, 0.25) is 5.02 Å². The number of nitrogens with two attached hydrogens (primary N) is 2. The average Bonchev–Trinajstić information content (AvgIpc) is 2.76. The first kappa shape index (κ1) is 13.0. The van der Waals surface area contributed by atoms with Crippen LogP contribution in [0, 0.1) is 0 Å². The fourth-order valence-corrected chi connectivity index (χ4v) is 2.60. The lowest BCUT2D eigenvalue weighted by molar-refractivity contribution is 0.100. The maximum Gasteiger partial charge on any atom is 0.250 e. The molecule has 0 aliphatic carbocycles. The number of nitrogens with zero attached hydrogens (tertiary/aromatic N) is 1. The molecule has 0 aromatic heterocycles. The number of halogens is 1. The molecule has 1 amide bonds. The number of rotatable bonds is 3. The summed E-state index contributed by atoms with van der Waals surface area (Å²) in [5.41, 5.74) is 12.5. The number of hydrogen-bond donors (Lipinski definition) is 2. The van der Waals surface area contributed by atoms with Gasteiger partial charge in [0, 0.05) is 25.9 Å². The van der Waals surface area contributed by atoms with Crippen molar-refractivity contribution in [2.24, 2.45) is 5.73 Å². The largest absolute Gasteiger partial charge is 0.399 e. The molecule has 0 bridgehead atoms. The number of anilines is 2. The lowest BCUT2D eigenvalue weighted by Crippen LogP contribution is -2.26. The van der Waals surface area contributed by atoms with Crippen LogP contribution in [0.4, 0.5) is 11.4 Å². The minimum atomic E-state index is -0.528. The Morgan fingerprint density at radius 1 is 1.56 bits per heavy atom. The molecular formula is C12H16ClN3O2. The van der Waals surface area contributed by atoms with Gasteiger partial charge in [0.2, 0.25) is 0 Å². The summed E-state index contributed by atoms with van der Waals surface area (Å²) < 4.78 is 5.30. The van der Waals surface area contributed by atoms with Crippen LogP contribution in [0.15, 0.2) is 12.1 Å². The summed E-state index contributed by atoms with van der Waals surface area (Å²) >= 11 is 6.18. The van der Waals surface area contributed by atoms with E-state index in [1.54, 1.807) is 19.2 Å². The molecule has 1 atom stereocenters. The number of benzene rings is 1. The summed E-state index contributed by atoms with van der Waals surface area (Å²) in [4.78, 5) is 13.5. The Morgan fingerprint density at radius 3 is 2.83 bits per heavy atom. The number of primary amides is 1. The van der Waals surface area contributed by atoms with Gasteiger partial charge >= 0.3 is 0 Å². The molecule has 0 saturated carbocycles. The molecule has 5 nitrogen and oxygen atoms in total. The Bertz CT molecular complexity index is 479. The van der Waals surface area contributed by atoms with Gasteiger partial charge in [-0.15, -0.1) is 0 Å². The first-order valence-electron chi connectivity index (χ1n) is 5.69. The van der Waals surface area contributed by atoms with Gasteiger partial charge in [0.05, 0.1) is 22.4 Å². The third-order valence-corrected chi connectivity index (χ3v) is 3.43. The lowest BCUT2D eigenvalue weighted by Gasteiger charge is -2.22. The van der Waals surface area contributed by atoms with E-state index in [4.69, 9.17) is 27.8 Å². The number of hydrogen-bond acceptors (Lipinski definition) is 4. The van der Waals surface area contributed by atoms with Gasteiger partial charge in [-0.25, -0.2) is 0 Å². The summed E-state index contributed by atoms with van der Waals surface area (Å²) in [6.07, 6.45) is 1.05. The van der Waals surface area contributed by atoms with Crippen molar-refractivity contribution in [3.05, 3.63) is 22.7 Å². The predicted molar refractivity (Wildman–Crippen MR) is 72.0 cm³/mol. The average molecular weight is 270 g/mol. The molecule has 1 aromatic carbocycles. The molecule has 1 aliphatic rings. The molecule has 0 radical (unpaired) electrons. The first-order chi connectivity index (χ1) is 8.52. The van der Waals surface area contributed by atoms with E-state index in [1.165, 1.54) is 0 Å². The molecule has 6 heteroatoms. The van der Waals surface area contributed by atoms with Gasteiger partial charge in [-0.3, -0.25) is 4.79 Å². The highest BCUT2D eigenvalue weighted by molar-refractivity contribution is 6.34. The fourth-order valence-electron chi connectivity index (χ4n) is 2.25. The smallest absolute Gasteiger partial charge is 0.250 e. The van der Waals surface area contributed by atoms with E-state index in [-0.39, 0.29) is 6.10 Å². The Hall–Kier alpha value is -1.46. The number of amides is 1. The molecule has 1 aromatic rings. The molecule has 1 aliphatic heterocycles. The maximum atomic E-state index is 11.5. The van der Waals surface area contributed by atoms with Crippen molar-refractivity contribution < 1.29 is 9.53 Å². The van der Waals surface area contributed by atoms with Crippen LogP contribution in [0.3, 0.4) is 0 Å². The van der Waals surface area contributed by atoms with Crippen molar-refractivity contribution in [2.45, 2.75) is 12.5 Å². The standard InChI is InChI=1S/C12H16ClN3O2/c1-18-8-2-3-16(6-8)11-9(12(15)17)4-7(14)5-10(11)13/h4-5,8H,2-3,6,14H2,1H3,(H2,15,17). The van der Waals surface area contributed by atoms with Crippen LogP contribution >= 0.6 is 11.6 Å². The van der Waals surface area contributed by atoms with E-state index in [2.05, 4.69) is 0 Å². The molecule has 0 spiro atoms. The molecule has 1 unspecified atom stereocenters. The molecule has 18 heavy (non-hydrogen) atoms. The van der Waals surface area contributed by atoms with Gasteiger partial charge in [-0.05, 0) is 18.6 Å². The van der Waals surface area contributed by atoms with Crippen molar-refractivity contribution in [3.8, 4) is 0 Å². The second kappa shape index (κ2) is 5.04. The van der Waals surface area contributed by atoms with Gasteiger partial charge in [-0.1, -0.05) is 11.6 Å². The van der Waals surface area contributed by atoms with Gasteiger partial charge in [0.1, 0.15) is 0 Å². The molecule has 1 saturated heterocycles. The fraction of sp³-hybridized carbons (Fsp3) is 0.417. The zero-order valence-corrected chi connectivity index (χ0v) is 10.9. The number of carbonyl (C=O) groups is 1. The van der Waals surface area contributed by atoms with Crippen molar-refractivity contribution >= 4 is 28.9 Å². The summed E-state index contributed by atoms with van der Waals surface area (Å²) in [5, 5.41) is 0.445. The van der Waals surface area contributed by atoms with Crippen LogP contribution in [-0.4, -0.2) is 32.2 Å². The number of ether oxygens (including phenoxy) is 1. The topological polar surface area (TPSA) is 81.6 Å². The quantitative estimate of drug-likeness (QED) is 0.809. The first-order valence-corrected chi connectivity index (χ1v) is 6.07. The van der Waals surface area contributed by atoms with E-state index in [1.807, 2.05) is 4.90 Å². The van der Waals surface area contributed by atoms with Crippen molar-refractivity contribution in [3.63, 3.8) is 0 Å². The lowest BCUT2D eigenvalue weighted by atomic mass is 10.1. The predicted octanol–water partition coefficient (Wildman–Crippen LogP) is 1.25. The van der Waals surface area contributed by atoms with E-state index in [9.17, 15) is 4.79 Å². The minimum absolute atomic E-state index is 0.152. The molecule has 4 N–H and O–H groups in total. The molecule has 2 rings (SSSR count). The summed E-state index contributed by atoms with van der Waals surface area (Å²) in [5.74, 6) is -0.528. The van der Waals surface area contributed by atoms with Crippen LogP contribution < -0.4 is 16.4 Å². The van der Waals surface area contributed by atoms with Gasteiger partial charge in [-0.2, -0.15) is 0 Å².